The number of aromatic amines is 1. The molecule has 6 amide bonds. The molecule has 7 N–H and O–H groups in total. The van der Waals surface area contributed by atoms with Crippen molar-refractivity contribution < 1.29 is 47.8 Å². The van der Waals surface area contributed by atoms with Gasteiger partial charge in [-0.3, -0.25) is 24.0 Å². The zero-order valence-electron chi connectivity index (χ0n) is 31.1. The van der Waals surface area contributed by atoms with Gasteiger partial charge in [0.15, 0.2) is 0 Å². The molecule has 3 rings (SSSR count). The number of benzene rings is 1. The van der Waals surface area contributed by atoms with E-state index in [9.17, 15) is 33.6 Å². The number of ether oxygens (including phenoxy) is 3. The summed E-state index contributed by atoms with van der Waals surface area (Å²) in [5.74, 6) is -3.10. The monoisotopic (exact) mass is 742 g/mol. The Balaban J connectivity index is 1.63. The molecule has 18 nitrogen and oxygen atoms in total. The van der Waals surface area contributed by atoms with Crippen LogP contribution in [0, 0.1) is 0 Å². The zero-order chi connectivity index (χ0) is 39.5. The van der Waals surface area contributed by atoms with Crippen molar-refractivity contribution >= 4 is 41.8 Å². The topological polar surface area (TPSA) is 253 Å². The molecule has 1 fully saturated rings. The molecule has 1 aromatic heterocycles. The molecule has 2 aromatic rings. The Morgan fingerprint density at radius 1 is 0.906 bits per heavy atom. The minimum Gasteiger partial charge on any atom is -0.444 e. The summed E-state index contributed by atoms with van der Waals surface area (Å²) in [4.78, 5) is 97.5. The van der Waals surface area contributed by atoms with E-state index >= 15 is 0 Å². The van der Waals surface area contributed by atoms with E-state index in [4.69, 9.17) is 19.9 Å². The third-order valence-electron chi connectivity index (χ3n) is 7.61. The Morgan fingerprint density at radius 2 is 1.57 bits per heavy atom. The second kappa shape index (κ2) is 18.2. The lowest BCUT2D eigenvalue weighted by atomic mass is 10.0. The van der Waals surface area contributed by atoms with E-state index in [1.54, 1.807) is 53.7 Å². The minimum atomic E-state index is -1.20. The van der Waals surface area contributed by atoms with Crippen LogP contribution in [-0.4, -0.2) is 105 Å². The lowest BCUT2D eigenvalue weighted by Gasteiger charge is -2.27. The van der Waals surface area contributed by atoms with Crippen molar-refractivity contribution in [2.75, 3.05) is 13.1 Å². The maximum atomic E-state index is 13.4. The quantitative estimate of drug-likeness (QED) is 0.118. The molecule has 1 aliphatic rings. The number of amides is 6. The van der Waals surface area contributed by atoms with Crippen LogP contribution in [-0.2, 0) is 46.3 Å². The molecule has 1 aromatic carbocycles. The highest BCUT2D eigenvalue weighted by molar-refractivity contribution is 5.95. The SMILES string of the molecule is C[C@H](NC(=O)[C@H](Cc1ccc(OC(=O)OC(C)(C)C)cc1)NC(=O)OC(C)(C)C)C(=O)NCC(=O)N[C@H](Cc1cnc[nH]1)C(=O)N1CCC[C@H]1C(N)=O. The van der Waals surface area contributed by atoms with Gasteiger partial charge in [-0.05, 0) is 79.0 Å². The van der Waals surface area contributed by atoms with Gasteiger partial charge >= 0.3 is 12.2 Å². The van der Waals surface area contributed by atoms with E-state index < -0.39 is 83.7 Å². The summed E-state index contributed by atoms with van der Waals surface area (Å²) >= 11 is 0. The number of hydrogen-bond acceptors (Lipinski definition) is 11. The van der Waals surface area contributed by atoms with Crippen LogP contribution in [0.4, 0.5) is 9.59 Å². The van der Waals surface area contributed by atoms with Gasteiger partial charge in [-0.15, -0.1) is 0 Å². The largest absolute Gasteiger partial charge is 0.514 e. The molecule has 1 aliphatic heterocycles. The molecule has 0 radical (unpaired) electrons. The molecule has 0 unspecified atom stereocenters. The van der Waals surface area contributed by atoms with E-state index in [2.05, 4.69) is 31.2 Å². The van der Waals surface area contributed by atoms with Gasteiger partial charge in [-0.25, -0.2) is 14.6 Å². The molecule has 1 saturated heterocycles. The maximum Gasteiger partial charge on any atom is 0.514 e. The lowest BCUT2D eigenvalue weighted by molar-refractivity contribution is -0.140. The van der Waals surface area contributed by atoms with Crippen molar-refractivity contribution in [1.29, 1.82) is 0 Å². The van der Waals surface area contributed by atoms with Gasteiger partial charge in [0.25, 0.3) is 0 Å². The van der Waals surface area contributed by atoms with Gasteiger partial charge in [0.2, 0.25) is 29.5 Å². The van der Waals surface area contributed by atoms with E-state index in [0.29, 0.717) is 30.6 Å². The van der Waals surface area contributed by atoms with Gasteiger partial charge < -0.3 is 51.1 Å². The molecule has 2 heterocycles. The number of nitrogens with two attached hydrogens (primary N) is 1. The van der Waals surface area contributed by atoms with Crippen LogP contribution < -0.4 is 31.7 Å². The van der Waals surface area contributed by atoms with Gasteiger partial charge in [0, 0.05) is 31.3 Å². The normalized spacial score (nSPS) is 16.0. The van der Waals surface area contributed by atoms with Crippen LogP contribution in [0.5, 0.6) is 5.75 Å². The number of nitrogens with zero attached hydrogens (tertiary/aromatic N) is 2. The minimum absolute atomic E-state index is 0.0338. The molecule has 53 heavy (non-hydrogen) atoms. The van der Waals surface area contributed by atoms with Crippen LogP contribution in [0.15, 0.2) is 36.8 Å². The number of imidazole rings is 1. The Labute approximate surface area is 307 Å². The van der Waals surface area contributed by atoms with Crippen LogP contribution >= 0.6 is 0 Å². The predicted octanol–water partition coefficient (Wildman–Crippen LogP) is 0.984. The van der Waals surface area contributed by atoms with Gasteiger partial charge in [0.05, 0.1) is 12.9 Å². The number of carbonyl (C=O) groups is 7. The lowest BCUT2D eigenvalue weighted by Crippen LogP contribution is -2.56. The van der Waals surface area contributed by atoms with Crippen molar-refractivity contribution in [3.63, 3.8) is 0 Å². The predicted molar refractivity (Wildman–Crippen MR) is 189 cm³/mol. The first kappa shape index (κ1) is 41.7. The fourth-order valence-corrected chi connectivity index (χ4v) is 5.24. The summed E-state index contributed by atoms with van der Waals surface area (Å²) < 4.78 is 15.7. The molecule has 0 saturated carbocycles. The molecule has 0 bridgehead atoms. The summed E-state index contributed by atoms with van der Waals surface area (Å²) in [7, 11) is 0. The van der Waals surface area contributed by atoms with Crippen molar-refractivity contribution in [1.82, 2.24) is 36.1 Å². The molecule has 0 aliphatic carbocycles. The summed E-state index contributed by atoms with van der Waals surface area (Å²) in [6.45, 7) is 11.2. The van der Waals surface area contributed by atoms with E-state index in [0.717, 1.165) is 0 Å². The molecule has 0 spiro atoms. The van der Waals surface area contributed by atoms with Gasteiger partial charge in [-0.1, -0.05) is 12.1 Å². The third-order valence-corrected chi connectivity index (χ3v) is 7.61. The van der Waals surface area contributed by atoms with Gasteiger partial charge in [-0.2, -0.15) is 0 Å². The maximum absolute atomic E-state index is 13.4. The van der Waals surface area contributed by atoms with Crippen molar-refractivity contribution in [3.05, 3.63) is 48.0 Å². The highest BCUT2D eigenvalue weighted by Crippen LogP contribution is 2.19. The fraction of sp³-hybridized carbons (Fsp3) is 0.543. The number of likely N-dealkylation sites (tertiary alicyclic amines) is 1. The summed E-state index contributed by atoms with van der Waals surface area (Å²) in [5, 5.41) is 10.1. The third kappa shape index (κ3) is 14.1. The van der Waals surface area contributed by atoms with Crippen molar-refractivity contribution in [2.45, 2.75) is 110 Å². The number of H-pyrrole nitrogens is 1. The number of rotatable bonds is 14. The number of alkyl carbamates (subject to hydrolysis) is 1. The number of aromatic nitrogens is 2. The zero-order valence-corrected chi connectivity index (χ0v) is 31.1. The molecular formula is C35H50N8O10. The Kier molecular flexibility index (Phi) is 14.3. The summed E-state index contributed by atoms with van der Waals surface area (Å²) in [6.07, 6.45) is 2.16. The number of nitrogens with one attached hydrogen (secondary N) is 5. The van der Waals surface area contributed by atoms with Gasteiger partial charge in [0.1, 0.15) is 41.1 Å². The molecular weight excluding hydrogens is 692 g/mol. The first-order valence-electron chi connectivity index (χ1n) is 17.1. The van der Waals surface area contributed by atoms with E-state index in [1.165, 1.54) is 36.5 Å². The van der Waals surface area contributed by atoms with Crippen LogP contribution in [0.3, 0.4) is 0 Å². The number of hydrogen-bond donors (Lipinski definition) is 6. The molecule has 290 valence electrons. The summed E-state index contributed by atoms with van der Waals surface area (Å²) in [5.41, 5.74) is 5.00. The molecule has 18 heteroatoms. The van der Waals surface area contributed by atoms with E-state index in [1.807, 2.05) is 0 Å². The first-order chi connectivity index (χ1) is 24.7. The van der Waals surface area contributed by atoms with E-state index in [-0.39, 0.29) is 18.6 Å². The smallest absolute Gasteiger partial charge is 0.444 e. The second-order valence-electron chi connectivity index (χ2n) is 14.6. The highest BCUT2D eigenvalue weighted by atomic mass is 16.7. The average Bonchev–Trinajstić information content (AvgIpc) is 3.74. The van der Waals surface area contributed by atoms with Crippen LogP contribution in [0.1, 0.15) is 72.6 Å². The Hall–Kier alpha value is -5.68. The fourth-order valence-electron chi connectivity index (χ4n) is 5.24. The Morgan fingerprint density at radius 3 is 2.15 bits per heavy atom. The van der Waals surface area contributed by atoms with Crippen LogP contribution in [0.2, 0.25) is 0 Å². The van der Waals surface area contributed by atoms with Crippen molar-refractivity contribution in [3.8, 4) is 5.75 Å². The molecule has 4 atom stereocenters. The first-order valence-corrected chi connectivity index (χ1v) is 17.1. The van der Waals surface area contributed by atoms with Crippen molar-refractivity contribution in [2.24, 2.45) is 5.73 Å². The number of primary amides is 1. The second-order valence-corrected chi connectivity index (χ2v) is 14.6. The standard InChI is InChI=1S/C35H50N8O10/c1-20(29(46)38-18-27(44)41-25(16-22-17-37-19-39-22)31(48)43-14-8-9-26(43)28(36)45)40-30(47)24(42-32(49)52-34(2,3)4)15-21-10-12-23(13-11-21)51-33(50)53-35(5,6)7/h10-13,17,19-20,24-26H,8-9,14-16,18H2,1-7H3,(H2,36,45)(H,37,39)(H,38,46)(H,40,47)(H,41,44)(H,42,49)/t20-,24-,25+,26-/m0/s1. The average molecular weight is 743 g/mol. The van der Waals surface area contributed by atoms with Crippen LogP contribution in [0.25, 0.3) is 0 Å². The summed E-state index contributed by atoms with van der Waals surface area (Å²) in [6, 6.07) is 1.93. The Bertz CT molecular complexity index is 1620. The highest BCUT2D eigenvalue weighted by Gasteiger charge is 2.37. The number of carbonyl (C=O) groups excluding carboxylic acids is 7.